The van der Waals surface area contributed by atoms with Crippen LogP contribution in [-0.2, 0) is 6.18 Å². The Labute approximate surface area is 191 Å². The van der Waals surface area contributed by atoms with E-state index in [1.54, 1.807) is 12.1 Å². The van der Waals surface area contributed by atoms with E-state index in [0.717, 1.165) is 31.7 Å². The molecule has 3 rings (SSSR count). The van der Waals surface area contributed by atoms with Gasteiger partial charge in [0.2, 0.25) is 0 Å². The Hall–Kier alpha value is -3.10. The molecule has 1 aliphatic rings. The van der Waals surface area contributed by atoms with Crippen molar-refractivity contribution in [2.45, 2.75) is 38.8 Å². The number of aromatic nitrogens is 1. The molecule has 33 heavy (non-hydrogen) atoms. The Morgan fingerprint density at radius 1 is 1.00 bits per heavy atom. The molecule has 1 aromatic heterocycles. The normalized spacial score (nSPS) is 14.3. The molecule has 0 unspecified atom stereocenters. The van der Waals surface area contributed by atoms with E-state index in [-0.39, 0.29) is 24.6 Å². The van der Waals surface area contributed by atoms with Crippen LogP contribution < -0.4 is 10.2 Å². The molecule has 1 aromatic carbocycles. The fourth-order valence-electron chi connectivity index (χ4n) is 3.79. The summed E-state index contributed by atoms with van der Waals surface area (Å²) in [7, 11) is 0. The summed E-state index contributed by atoms with van der Waals surface area (Å²) < 4.78 is 39.8. The van der Waals surface area contributed by atoms with E-state index in [1.807, 2.05) is 4.90 Å². The van der Waals surface area contributed by atoms with Gasteiger partial charge in [-0.1, -0.05) is 38.3 Å². The SMILES string of the molecule is CCCCCCNC(=O)c1ccc(N2CCN(C(=O)c3ccccc3C(F)(F)F)CC2)nc1. The van der Waals surface area contributed by atoms with Crippen LogP contribution in [0.5, 0.6) is 0 Å². The first kappa shape index (κ1) is 24.5. The maximum absolute atomic E-state index is 13.3. The van der Waals surface area contributed by atoms with Gasteiger partial charge < -0.3 is 15.1 Å². The van der Waals surface area contributed by atoms with Crippen molar-refractivity contribution in [3.05, 3.63) is 59.3 Å². The fraction of sp³-hybridized carbons (Fsp3) is 0.458. The highest BCUT2D eigenvalue weighted by Crippen LogP contribution is 2.32. The van der Waals surface area contributed by atoms with Crippen LogP contribution in [0.2, 0.25) is 0 Å². The molecule has 1 N–H and O–H groups in total. The van der Waals surface area contributed by atoms with E-state index in [0.29, 0.717) is 31.0 Å². The molecule has 2 heterocycles. The summed E-state index contributed by atoms with van der Waals surface area (Å²) in [5.41, 5.74) is -0.772. The van der Waals surface area contributed by atoms with Crippen LogP contribution in [-0.4, -0.2) is 54.4 Å². The maximum atomic E-state index is 13.3. The number of hydrogen-bond donors (Lipinski definition) is 1. The zero-order valence-electron chi connectivity index (χ0n) is 18.7. The lowest BCUT2D eigenvalue weighted by atomic mass is 10.1. The summed E-state index contributed by atoms with van der Waals surface area (Å²) in [6.45, 7) is 4.22. The molecular formula is C24H29F3N4O2. The van der Waals surface area contributed by atoms with Crippen molar-refractivity contribution in [1.29, 1.82) is 0 Å². The number of carbonyl (C=O) groups excluding carboxylic acids is 2. The lowest BCUT2D eigenvalue weighted by Gasteiger charge is -2.35. The molecule has 0 saturated carbocycles. The second kappa shape index (κ2) is 11.2. The van der Waals surface area contributed by atoms with Gasteiger partial charge in [0.05, 0.1) is 16.7 Å². The molecule has 0 bridgehead atoms. The quantitative estimate of drug-likeness (QED) is 0.592. The van der Waals surface area contributed by atoms with Gasteiger partial charge in [-0.3, -0.25) is 9.59 Å². The molecule has 178 valence electrons. The van der Waals surface area contributed by atoms with Crippen LogP contribution in [0.4, 0.5) is 19.0 Å². The van der Waals surface area contributed by atoms with Crippen molar-refractivity contribution in [3.8, 4) is 0 Å². The largest absolute Gasteiger partial charge is 0.417 e. The molecular weight excluding hydrogens is 433 g/mol. The topological polar surface area (TPSA) is 65.5 Å². The molecule has 0 atom stereocenters. The number of halogens is 3. The van der Waals surface area contributed by atoms with Crippen molar-refractivity contribution in [3.63, 3.8) is 0 Å². The summed E-state index contributed by atoms with van der Waals surface area (Å²) in [5, 5.41) is 2.89. The number of anilines is 1. The molecule has 6 nitrogen and oxygen atoms in total. The number of unbranched alkanes of at least 4 members (excludes halogenated alkanes) is 3. The van der Waals surface area contributed by atoms with E-state index in [4.69, 9.17) is 0 Å². The minimum atomic E-state index is -4.58. The number of amides is 2. The first-order valence-electron chi connectivity index (χ1n) is 11.3. The van der Waals surface area contributed by atoms with Gasteiger partial charge in [-0.25, -0.2) is 4.98 Å². The van der Waals surface area contributed by atoms with E-state index >= 15 is 0 Å². The third-order valence-corrected chi connectivity index (χ3v) is 5.68. The Morgan fingerprint density at radius 3 is 2.36 bits per heavy atom. The van der Waals surface area contributed by atoms with Crippen molar-refractivity contribution >= 4 is 17.6 Å². The van der Waals surface area contributed by atoms with Gasteiger partial charge in [-0.15, -0.1) is 0 Å². The van der Waals surface area contributed by atoms with Gasteiger partial charge >= 0.3 is 6.18 Å². The lowest BCUT2D eigenvalue weighted by Crippen LogP contribution is -2.49. The Balaban J connectivity index is 1.54. The number of benzene rings is 1. The monoisotopic (exact) mass is 462 g/mol. The standard InChI is InChI=1S/C24H29F3N4O2/c1-2-3-4-7-12-28-22(32)18-10-11-21(29-17-18)30-13-15-31(16-14-30)23(33)19-8-5-6-9-20(19)24(25,26)27/h5-6,8-11,17H,2-4,7,12-16H2,1H3,(H,28,32). The summed E-state index contributed by atoms with van der Waals surface area (Å²) in [6.07, 6.45) is 1.27. The molecule has 0 spiro atoms. The summed E-state index contributed by atoms with van der Waals surface area (Å²) in [4.78, 5) is 32.7. The highest BCUT2D eigenvalue weighted by molar-refractivity contribution is 5.96. The van der Waals surface area contributed by atoms with Gasteiger partial charge in [0.25, 0.3) is 11.8 Å². The second-order valence-electron chi connectivity index (χ2n) is 8.04. The van der Waals surface area contributed by atoms with Crippen LogP contribution >= 0.6 is 0 Å². The number of piperazine rings is 1. The van der Waals surface area contributed by atoms with Crippen molar-refractivity contribution < 1.29 is 22.8 Å². The van der Waals surface area contributed by atoms with Crippen LogP contribution in [0.15, 0.2) is 42.6 Å². The highest BCUT2D eigenvalue weighted by Gasteiger charge is 2.36. The summed E-state index contributed by atoms with van der Waals surface area (Å²) >= 11 is 0. The van der Waals surface area contributed by atoms with Crippen LogP contribution in [0, 0.1) is 0 Å². The molecule has 2 aromatic rings. The predicted molar refractivity (Wildman–Crippen MR) is 120 cm³/mol. The summed E-state index contributed by atoms with van der Waals surface area (Å²) in [6, 6.07) is 8.32. The van der Waals surface area contributed by atoms with Gasteiger partial charge in [0.15, 0.2) is 0 Å². The predicted octanol–water partition coefficient (Wildman–Crippen LogP) is 4.37. The molecule has 9 heteroatoms. The average molecular weight is 463 g/mol. The smallest absolute Gasteiger partial charge is 0.353 e. The van der Waals surface area contributed by atoms with Gasteiger partial charge in [0.1, 0.15) is 5.82 Å². The molecule has 2 amide bonds. The van der Waals surface area contributed by atoms with E-state index in [2.05, 4.69) is 17.2 Å². The number of nitrogens with one attached hydrogen (secondary N) is 1. The number of pyridine rings is 1. The number of hydrogen-bond acceptors (Lipinski definition) is 4. The lowest BCUT2D eigenvalue weighted by molar-refractivity contribution is -0.138. The molecule has 1 aliphatic heterocycles. The van der Waals surface area contributed by atoms with Crippen molar-refractivity contribution in [1.82, 2.24) is 15.2 Å². The molecule has 1 fully saturated rings. The van der Waals surface area contributed by atoms with Crippen molar-refractivity contribution in [2.24, 2.45) is 0 Å². The second-order valence-corrected chi connectivity index (χ2v) is 8.04. The Kier molecular flexibility index (Phi) is 8.30. The number of alkyl halides is 3. The first-order valence-corrected chi connectivity index (χ1v) is 11.3. The Bertz CT molecular complexity index is 939. The number of nitrogens with zero attached hydrogens (tertiary/aromatic N) is 3. The van der Waals surface area contributed by atoms with Gasteiger partial charge in [-0.05, 0) is 30.7 Å². The zero-order chi connectivity index (χ0) is 23.8. The van der Waals surface area contributed by atoms with Crippen LogP contribution in [0.25, 0.3) is 0 Å². The third-order valence-electron chi connectivity index (χ3n) is 5.68. The minimum absolute atomic E-state index is 0.163. The van der Waals surface area contributed by atoms with Crippen molar-refractivity contribution in [2.75, 3.05) is 37.6 Å². The van der Waals surface area contributed by atoms with E-state index in [9.17, 15) is 22.8 Å². The third kappa shape index (κ3) is 6.46. The number of rotatable bonds is 8. The van der Waals surface area contributed by atoms with E-state index < -0.39 is 17.6 Å². The van der Waals surface area contributed by atoms with Gasteiger partial charge in [-0.2, -0.15) is 13.2 Å². The summed E-state index contributed by atoms with van der Waals surface area (Å²) in [5.74, 6) is -0.122. The average Bonchev–Trinajstić information content (AvgIpc) is 2.83. The highest BCUT2D eigenvalue weighted by atomic mass is 19.4. The first-order chi connectivity index (χ1) is 15.8. The van der Waals surface area contributed by atoms with E-state index in [1.165, 1.54) is 29.3 Å². The molecule has 0 radical (unpaired) electrons. The number of carbonyl (C=O) groups is 2. The molecule has 1 saturated heterocycles. The zero-order valence-corrected chi connectivity index (χ0v) is 18.7. The Morgan fingerprint density at radius 2 is 1.73 bits per heavy atom. The molecule has 0 aliphatic carbocycles. The van der Waals surface area contributed by atoms with Gasteiger partial charge in [0, 0.05) is 38.9 Å². The maximum Gasteiger partial charge on any atom is 0.417 e. The minimum Gasteiger partial charge on any atom is -0.353 e. The van der Waals surface area contributed by atoms with Crippen LogP contribution in [0.3, 0.4) is 0 Å². The van der Waals surface area contributed by atoms with Crippen LogP contribution in [0.1, 0.15) is 58.9 Å². The fourth-order valence-corrected chi connectivity index (χ4v) is 3.79.